The first kappa shape index (κ1) is 13.2. The fraction of sp³-hybridized carbons (Fsp3) is 0.571. The second kappa shape index (κ2) is 6.61. The zero-order chi connectivity index (χ0) is 12.8. The van der Waals surface area contributed by atoms with Crippen molar-refractivity contribution in [2.45, 2.75) is 33.0 Å². The molecule has 1 N–H and O–H groups in total. The van der Waals surface area contributed by atoms with Crippen LogP contribution in [0, 0.1) is 0 Å². The quantitative estimate of drug-likeness (QED) is 0.755. The van der Waals surface area contributed by atoms with Crippen molar-refractivity contribution in [3.05, 3.63) is 23.8 Å². The molecule has 1 aromatic rings. The predicted octanol–water partition coefficient (Wildman–Crippen LogP) is 2.32. The Labute approximate surface area is 108 Å². The van der Waals surface area contributed by atoms with Crippen molar-refractivity contribution in [1.29, 1.82) is 0 Å². The molecular weight excluding hydrogens is 230 g/mol. The first-order valence-electron chi connectivity index (χ1n) is 6.50. The molecule has 4 nitrogen and oxygen atoms in total. The second-order valence-electron chi connectivity index (χ2n) is 4.51. The molecule has 18 heavy (non-hydrogen) atoms. The molecule has 2 rings (SSSR count). The molecule has 1 aromatic carbocycles. The highest BCUT2D eigenvalue weighted by atomic mass is 16.7. The van der Waals surface area contributed by atoms with Crippen molar-refractivity contribution in [2.24, 2.45) is 0 Å². The Morgan fingerprint density at radius 1 is 1.33 bits per heavy atom. The van der Waals surface area contributed by atoms with Gasteiger partial charge >= 0.3 is 0 Å². The van der Waals surface area contributed by atoms with Gasteiger partial charge in [0.25, 0.3) is 0 Å². The van der Waals surface area contributed by atoms with Gasteiger partial charge in [-0.2, -0.15) is 0 Å². The molecule has 0 radical (unpaired) electrons. The molecule has 1 unspecified atom stereocenters. The third-order valence-electron chi connectivity index (χ3n) is 2.83. The maximum Gasteiger partial charge on any atom is 0.231 e. The second-order valence-corrected chi connectivity index (χ2v) is 4.51. The van der Waals surface area contributed by atoms with E-state index in [4.69, 9.17) is 14.2 Å². The van der Waals surface area contributed by atoms with Gasteiger partial charge in [0.1, 0.15) is 0 Å². The lowest BCUT2D eigenvalue weighted by Crippen LogP contribution is -2.27. The Kier molecular flexibility index (Phi) is 4.84. The lowest BCUT2D eigenvalue weighted by Gasteiger charge is -2.14. The van der Waals surface area contributed by atoms with E-state index in [0.29, 0.717) is 13.4 Å². The standard InChI is InChI=1S/C14H21NO3/c1-3-6-15-8-11(2)16-9-12-4-5-13-14(7-12)18-10-17-13/h4-5,7,11,15H,3,6,8-10H2,1-2H3. The fourth-order valence-electron chi connectivity index (χ4n) is 1.81. The van der Waals surface area contributed by atoms with Crippen molar-refractivity contribution in [3.8, 4) is 11.5 Å². The minimum Gasteiger partial charge on any atom is -0.454 e. The van der Waals surface area contributed by atoms with Crippen LogP contribution in [0.4, 0.5) is 0 Å². The minimum atomic E-state index is 0.210. The van der Waals surface area contributed by atoms with Gasteiger partial charge in [0.05, 0.1) is 12.7 Å². The van der Waals surface area contributed by atoms with Crippen LogP contribution in [-0.2, 0) is 11.3 Å². The Morgan fingerprint density at radius 2 is 2.17 bits per heavy atom. The lowest BCUT2D eigenvalue weighted by molar-refractivity contribution is 0.0533. The van der Waals surface area contributed by atoms with E-state index in [0.717, 1.165) is 36.6 Å². The van der Waals surface area contributed by atoms with Crippen LogP contribution in [0.5, 0.6) is 11.5 Å². The van der Waals surface area contributed by atoms with Gasteiger partial charge in [0.15, 0.2) is 11.5 Å². The van der Waals surface area contributed by atoms with Gasteiger partial charge in [-0.05, 0) is 37.6 Å². The molecule has 1 heterocycles. The number of benzene rings is 1. The van der Waals surface area contributed by atoms with Gasteiger partial charge in [-0.25, -0.2) is 0 Å². The third-order valence-corrected chi connectivity index (χ3v) is 2.83. The van der Waals surface area contributed by atoms with E-state index in [-0.39, 0.29) is 6.10 Å². The fourth-order valence-corrected chi connectivity index (χ4v) is 1.81. The molecule has 0 fully saturated rings. The normalized spacial score (nSPS) is 14.8. The third kappa shape index (κ3) is 3.62. The van der Waals surface area contributed by atoms with Crippen LogP contribution in [0.15, 0.2) is 18.2 Å². The van der Waals surface area contributed by atoms with E-state index >= 15 is 0 Å². The maximum absolute atomic E-state index is 5.78. The summed E-state index contributed by atoms with van der Waals surface area (Å²) in [6.07, 6.45) is 1.36. The molecule has 0 bridgehead atoms. The van der Waals surface area contributed by atoms with Gasteiger partial charge in [0, 0.05) is 6.54 Å². The molecule has 0 saturated heterocycles. The highest BCUT2D eigenvalue weighted by Gasteiger charge is 2.13. The van der Waals surface area contributed by atoms with Crippen molar-refractivity contribution < 1.29 is 14.2 Å². The topological polar surface area (TPSA) is 39.7 Å². The summed E-state index contributed by atoms with van der Waals surface area (Å²) in [6, 6.07) is 5.93. The molecular formula is C14H21NO3. The van der Waals surface area contributed by atoms with Crippen LogP contribution in [0.1, 0.15) is 25.8 Å². The van der Waals surface area contributed by atoms with Crippen LogP contribution in [0.3, 0.4) is 0 Å². The van der Waals surface area contributed by atoms with Gasteiger partial charge in [0.2, 0.25) is 6.79 Å². The average molecular weight is 251 g/mol. The van der Waals surface area contributed by atoms with Crippen molar-refractivity contribution in [1.82, 2.24) is 5.32 Å². The Morgan fingerprint density at radius 3 is 3.00 bits per heavy atom. The summed E-state index contributed by atoms with van der Waals surface area (Å²) in [6.45, 7) is 7.08. The summed E-state index contributed by atoms with van der Waals surface area (Å²) >= 11 is 0. The Balaban J connectivity index is 1.76. The summed E-state index contributed by atoms with van der Waals surface area (Å²) in [5.74, 6) is 1.63. The largest absolute Gasteiger partial charge is 0.454 e. The number of rotatable bonds is 7. The first-order valence-corrected chi connectivity index (χ1v) is 6.50. The number of hydrogen-bond acceptors (Lipinski definition) is 4. The summed E-state index contributed by atoms with van der Waals surface area (Å²) < 4.78 is 16.4. The summed E-state index contributed by atoms with van der Waals surface area (Å²) in [5.41, 5.74) is 1.11. The zero-order valence-electron chi connectivity index (χ0n) is 11.1. The van der Waals surface area contributed by atoms with Crippen LogP contribution < -0.4 is 14.8 Å². The minimum absolute atomic E-state index is 0.210. The molecule has 1 aliphatic rings. The smallest absolute Gasteiger partial charge is 0.231 e. The monoisotopic (exact) mass is 251 g/mol. The maximum atomic E-state index is 5.78. The van der Waals surface area contributed by atoms with Gasteiger partial charge in [-0.3, -0.25) is 0 Å². The van der Waals surface area contributed by atoms with E-state index in [1.54, 1.807) is 0 Å². The predicted molar refractivity (Wildman–Crippen MR) is 70.0 cm³/mol. The van der Waals surface area contributed by atoms with Gasteiger partial charge in [-0.1, -0.05) is 13.0 Å². The van der Waals surface area contributed by atoms with Crippen molar-refractivity contribution in [2.75, 3.05) is 19.9 Å². The van der Waals surface area contributed by atoms with Crippen LogP contribution in [0.2, 0.25) is 0 Å². The molecule has 0 saturated carbocycles. The highest BCUT2D eigenvalue weighted by molar-refractivity contribution is 5.44. The lowest BCUT2D eigenvalue weighted by atomic mass is 10.2. The number of fused-ring (bicyclic) bond motifs is 1. The summed E-state index contributed by atoms with van der Waals surface area (Å²) in [5, 5.41) is 3.34. The number of ether oxygens (including phenoxy) is 3. The molecule has 1 atom stereocenters. The molecule has 0 spiro atoms. The summed E-state index contributed by atoms with van der Waals surface area (Å²) in [4.78, 5) is 0. The molecule has 0 aliphatic carbocycles. The molecule has 0 aromatic heterocycles. The molecule has 4 heteroatoms. The van der Waals surface area contributed by atoms with Crippen molar-refractivity contribution >= 4 is 0 Å². The van der Waals surface area contributed by atoms with Crippen LogP contribution in [-0.4, -0.2) is 26.0 Å². The molecule has 100 valence electrons. The van der Waals surface area contributed by atoms with E-state index in [2.05, 4.69) is 19.2 Å². The molecule has 1 aliphatic heterocycles. The van der Waals surface area contributed by atoms with Crippen molar-refractivity contribution in [3.63, 3.8) is 0 Å². The zero-order valence-corrected chi connectivity index (χ0v) is 11.1. The SMILES string of the molecule is CCCNCC(C)OCc1ccc2c(c1)OCO2. The van der Waals surface area contributed by atoms with Crippen LogP contribution in [0.25, 0.3) is 0 Å². The Hall–Kier alpha value is -1.26. The average Bonchev–Trinajstić information content (AvgIpc) is 2.84. The highest BCUT2D eigenvalue weighted by Crippen LogP contribution is 2.32. The van der Waals surface area contributed by atoms with Gasteiger partial charge in [-0.15, -0.1) is 0 Å². The van der Waals surface area contributed by atoms with E-state index < -0.39 is 0 Å². The Bertz CT molecular complexity index is 381. The van der Waals surface area contributed by atoms with E-state index in [1.165, 1.54) is 0 Å². The first-order chi connectivity index (χ1) is 8.79. The number of hydrogen-bond donors (Lipinski definition) is 1. The van der Waals surface area contributed by atoms with Gasteiger partial charge < -0.3 is 19.5 Å². The molecule has 0 amide bonds. The van der Waals surface area contributed by atoms with Crippen LogP contribution >= 0.6 is 0 Å². The van der Waals surface area contributed by atoms with E-state index in [9.17, 15) is 0 Å². The number of nitrogens with one attached hydrogen (secondary N) is 1. The van der Waals surface area contributed by atoms with E-state index in [1.807, 2.05) is 18.2 Å². The summed E-state index contributed by atoms with van der Waals surface area (Å²) in [7, 11) is 0.